The van der Waals surface area contributed by atoms with Crippen LogP contribution in [0, 0.1) is 12.3 Å². The molecule has 1 atom stereocenters. The Morgan fingerprint density at radius 3 is 2.38 bits per heavy atom. The predicted molar refractivity (Wildman–Crippen MR) is 150 cm³/mol. The first kappa shape index (κ1) is 29.4. The van der Waals surface area contributed by atoms with E-state index >= 15 is 0 Å². The molecule has 1 aromatic heterocycles. The fraction of sp³-hybridized carbons (Fsp3) is 0.250. The summed E-state index contributed by atoms with van der Waals surface area (Å²) in [5, 5.41) is 10.7. The van der Waals surface area contributed by atoms with Gasteiger partial charge in [-0.25, -0.2) is 0 Å². The van der Waals surface area contributed by atoms with Crippen LogP contribution in [0.25, 0.3) is 0 Å². The number of nitrogens with zero attached hydrogens (tertiary/aromatic N) is 2. The van der Waals surface area contributed by atoms with E-state index in [4.69, 9.17) is 20.6 Å². The topological polar surface area (TPSA) is 172 Å². The minimum atomic E-state index is -0.987. The molecule has 12 nitrogen and oxygen atoms in total. The number of amidine groups is 1. The second kappa shape index (κ2) is 13.6. The number of aryl methyl sites for hydroxylation is 1. The number of hydrogen-bond acceptors (Lipinski definition) is 8. The lowest BCUT2D eigenvalue weighted by Gasteiger charge is -2.22. The molecule has 6 N–H and O–H groups in total. The maximum atomic E-state index is 13.4. The van der Waals surface area contributed by atoms with Crippen LogP contribution in [0.15, 0.2) is 60.9 Å². The highest BCUT2D eigenvalue weighted by molar-refractivity contribution is 5.97. The van der Waals surface area contributed by atoms with Gasteiger partial charge >= 0.3 is 0 Å². The van der Waals surface area contributed by atoms with Crippen molar-refractivity contribution in [2.24, 2.45) is 5.73 Å². The van der Waals surface area contributed by atoms with Gasteiger partial charge in [0.25, 0.3) is 17.7 Å². The van der Waals surface area contributed by atoms with Crippen LogP contribution < -0.4 is 31.4 Å². The van der Waals surface area contributed by atoms with E-state index in [-0.39, 0.29) is 18.3 Å². The molecular weight excluding hydrogens is 514 g/mol. The van der Waals surface area contributed by atoms with E-state index in [1.165, 1.54) is 11.1 Å². The van der Waals surface area contributed by atoms with Gasteiger partial charge in [0.1, 0.15) is 11.9 Å². The molecule has 12 heteroatoms. The number of amides is 3. The minimum Gasteiger partial charge on any atom is -0.490 e. The Morgan fingerprint density at radius 1 is 1.02 bits per heavy atom. The summed E-state index contributed by atoms with van der Waals surface area (Å²) in [7, 11) is 3.26. The Morgan fingerprint density at radius 2 is 1.75 bits per heavy atom. The summed E-state index contributed by atoms with van der Waals surface area (Å²) in [4.78, 5) is 43.5. The molecule has 40 heavy (non-hydrogen) atoms. The number of anilines is 1. The lowest BCUT2D eigenvalue weighted by Crippen LogP contribution is -2.45. The van der Waals surface area contributed by atoms with Crippen molar-refractivity contribution in [3.8, 4) is 11.5 Å². The van der Waals surface area contributed by atoms with Crippen molar-refractivity contribution in [2.45, 2.75) is 19.9 Å². The van der Waals surface area contributed by atoms with E-state index in [1.54, 1.807) is 82.7 Å². The summed E-state index contributed by atoms with van der Waals surface area (Å²) in [6.45, 7) is 3.68. The second-order valence-corrected chi connectivity index (χ2v) is 8.92. The number of aromatic nitrogens is 1. The summed E-state index contributed by atoms with van der Waals surface area (Å²) in [6.07, 6.45) is 3.04. The van der Waals surface area contributed by atoms with Gasteiger partial charge in [-0.05, 0) is 67.4 Å². The van der Waals surface area contributed by atoms with Crippen LogP contribution >= 0.6 is 0 Å². The van der Waals surface area contributed by atoms with Gasteiger partial charge in [-0.2, -0.15) is 0 Å². The molecule has 3 aromatic rings. The molecule has 0 radical (unpaired) electrons. The van der Waals surface area contributed by atoms with Crippen molar-refractivity contribution in [1.82, 2.24) is 20.7 Å². The first-order valence-corrected chi connectivity index (χ1v) is 12.4. The van der Waals surface area contributed by atoms with Crippen LogP contribution in [0.4, 0.5) is 5.69 Å². The number of ether oxygens (including phenoxy) is 2. The molecule has 0 spiro atoms. The van der Waals surface area contributed by atoms with Crippen LogP contribution in [0.5, 0.6) is 11.5 Å². The normalized spacial score (nSPS) is 11.1. The predicted octanol–water partition coefficient (Wildman–Crippen LogP) is 2.15. The fourth-order valence-electron chi connectivity index (χ4n) is 3.56. The number of nitrogen functional groups attached to an aromatic ring is 1. The molecule has 3 amide bonds. The average molecular weight is 548 g/mol. The quantitative estimate of drug-likeness (QED) is 0.138. The third kappa shape index (κ3) is 7.69. The number of carbonyl (C=O) groups excluding carboxylic acids is 3. The van der Waals surface area contributed by atoms with Crippen molar-refractivity contribution in [3.63, 3.8) is 0 Å². The van der Waals surface area contributed by atoms with Crippen molar-refractivity contribution in [1.29, 1.82) is 5.41 Å². The molecule has 0 aliphatic heterocycles. The van der Waals surface area contributed by atoms with Crippen molar-refractivity contribution < 1.29 is 23.9 Å². The Bertz CT molecular complexity index is 1380. The number of benzene rings is 2. The van der Waals surface area contributed by atoms with Crippen LogP contribution in [-0.2, 0) is 9.59 Å². The second-order valence-electron chi connectivity index (χ2n) is 8.92. The molecule has 3 rings (SSSR count). The maximum absolute atomic E-state index is 13.4. The summed E-state index contributed by atoms with van der Waals surface area (Å²) in [5.41, 5.74) is 13.1. The Balaban J connectivity index is 1.89. The lowest BCUT2D eigenvalue weighted by atomic mass is 10.0. The Hall–Kier alpha value is -5.13. The highest BCUT2D eigenvalue weighted by Gasteiger charge is 2.24. The summed E-state index contributed by atoms with van der Waals surface area (Å²) in [5.74, 6) is -0.683. The van der Waals surface area contributed by atoms with Crippen molar-refractivity contribution >= 4 is 29.2 Å². The van der Waals surface area contributed by atoms with Crippen molar-refractivity contribution in [3.05, 3.63) is 83.2 Å². The highest BCUT2D eigenvalue weighted by Crippen LogP contribution is 2.32. The van der Waals surface area contributed by atoms with E-state index in [2.05, 4.69) is 21.2 Å². The first-order chi connectivity index (χ1) is 19.1. The zero-order valence-electron chi connectivity index (χ0n) is 22.8. The number of hydrazine groups is 1. The standard InChI is InChI=1S/C28H33N7O5/c1-5-39-23-14-19(8-11-22(23)40-16-24(36)35(3)4)25(32-20-9-6-18(7-10-20)26(29)30)28(38)34-33-27(37)21-12-13-31-15-17(21)2/h6-15,25,32H,5,16H2,1-4H3,(H3,29,30)(H,33,37)(H,34,38). The van der Waals surface area contributed by atoms with E-state index < -0.39 is 17.9 Å². The van der Waals surface area contributed by atoms with Gasteiger partial charge < -0.3 is 25.4 Å². The van der Waals surface area contributed by atoms with Gasteiger partial charge in [-0.1, -0.05) is 6.07 Å². The van der Waals surface area contributed by atoms with E-state index in [1.807, 2.05) is 0 Å². The molecule has 1 unspecified atom stereocenters. The zero-order chi connectivity index (χ0) is 29.2. The molecule has 210 valence electrons. The van der Waals surface area contributed by atoms with E-state index in [0.29, 0.717) is 46.0 Å². The number of pyridine rings is 1. The smallest absolute Gasteiger partial charge is 0.270 e. The number of carbonyl (C=O) groups is 3. The summed E-state index contributed by atoms with van der Waals surface area (Å²) in [6, 6.07) is 12.1. The van der Waals surface area contributed by atoms with Gasteiger partial charge in [0.15, 0.2) is 18.1 Å². The van der Waals surface area contributed by atoms with Gasteiger partial charge in [0.05, 0.1) is 6.61 Å². The number of likely N-dealkylation sites (N-methyl/N-ethyl adjacent to an activating group) is 1. The molecule has 0 fully saturated rings. The van der Waals surface area contributed by atoms with Gasteiger partial charge in [0.2, 0.25) is 0 Å². The molecule has 2 aromatic carbocycles. The zero-order valence-corrected chi connectivity index (χ0v) is 22.8. The number of nitrogens with two attached hydrogens (primary N) is 1. The molecule has 1 heterocycles. The number of hydrogen-bond donors (Lipinski definition) is 5. The summed E-state index contributed by atoms with van der Waals surface area (Å²) < 4.78 is 11.4. The van der Waals surface area contributed by atoms with Crippen LogP contribution in [-0.4, -0.2) is 60.8 Å². The van der Waals surface area contributed by atoms with Crippen LogP contribution in [0.3, 0.4) is 0 Å². The van der Waals surface area contributed by atoms with Crippen LogP contribution in [0.1, 0.15) is 40.0 Å². The molecule has 0 saturated carbocycles. The van der Waals surface area contributed by atoms with Crippen molar-refractivity contribution in [2.75, 3.05) is 32.6 Å². The monoisotopic (exact) mass is 547 g/mol. The lowest BCUT2D eigenvalue weighted by molar-refractivity contribution is -0.130. The number of rotatable bonds is 11. The first-order valence-electron chi connectivity index (χ1n) is 12.4. The average Bonchev–Trinajstić information content (AvgIpc) is 2.94. The van der Waals surface area contributed by atoms with Gasteiger partial charge in [-0.3, -0.25) is 35.6 Å². The maximum Gasteiger partial charge on any atom is 0.270 e. The van der Waals surface area contributed by atoms with E-state index in [9.17, 15) is 14.4 Å². The third-order valence-electron chi connectivity index (χ3n) is 5.78. The minimum absolute atomic E-state index is 0.0837. The highest BCUT2D eigenvalue weighted by atomic mass is 16.5. The largest absolute Gasteiger partial charge is 0.490 e. The third-order valence-corrected chi connectivity index (χ3v) is 5.78. The Labute approximate surface area is 232 Å². The fourth-order valence-corrected chi connectivity index (χ4v) is 3.56. The Kier molecular flexibility index (Phi) is 10.0. The molecular formula is C28H33N7O5. The van der Waals surface area contributed by atoms with Gasteiger partial charge in [-0.15, -0.1) is 0 Å². The molecule has 0 bridgehead atoms. The van der Waals surface area contributed by atoms with Crippen LogP contribution in [0.2, 0.25) is 0 Å². The molecule has 0 aliphatic rings. The van der Waals surface area contributed by atoms with E-state index in [0.717, 1.165) is 0 Å². The molecule has 0 saturated heterocycles. The summed E-state index contributed by atoms with van der Waals surface area (Å²) >= 11 is 0. The van der Waals surface area contributed by atoms with Gasteiger partial charge in [0, 0.05) is 43.3 Å². The molecule has 0 aliphatic carbocycles. The number of nitrogens with one attached hydrogen (secondary N) is 4. The SMILES string of the molecule is CCOc1cc(C(Nc2ccc(C(=N)N)cc2)C(=O)NNC(=O)c2ccncc2C)ccc1OCC(=O)N(C)C.